The van der Waals surface area contributed by atoms with Crippen LogP contribution in [0.15, 0.2) is 42.5 Å². The molecule has 0 unspecified atom stereocenters. The first-order valence-corrected chi connectivity index (χ1v) is 13.9. The molecule has 194 valence electrons. The van der Waals surface area contributed by atoms with Crippen molar-refractivity contribution in [2.45, 2.75) is 63.2 Å². The number of nitrogens with one attached hydrogen (secondary N) is 1. The summed E-state index contributed by atoms with van der Waals surface area (Å²) in [6, 6.07) is 12.4. The van der Waals surface area contributed by atoms with Crippen LogP contribution in [0, 0.1) is 17.8 Å². The molecule has 2 amide bonds. The number of hydrogen-bond donors (Lipinski definition) is 1. The van der Waals surface area contributed by atoms with Crippen LogP contribution in [-0.4, -0.2) is 42.7 Å². The summed E-state index contributed by atoms with van der Waals surface area (Å²) in [5.74, 6) is 2.18. The highest BCUT2D eigenvalue weighted by Gasteiger charge is 2.52. The standard InChI is InChI=1S/C31H36N2O4/c1-37-27-10-7-24(16-26(27)31-17-20-13-21(18-31)15-22(14-20)19-31)29(35)32-25-8-5-23(6-9-25)28(34)30(36)33-11-3-2-4-12-33/h5-10,16,20-22H,2-4,11-15,17-19H2,1H3,(H,32,35). The fourth-order valence-corrected chi connectivity index (χ4v) is 7.98. The molecule has 37 heavy (non-hydrogen) atoms. The molecule has 4 saturated carbocycles. The van der Waals surface area contributed by atoms with Crippen LogP contribution in [0.3, 0.4) is 0 Å². The Hall–Kier alpha value is -3.15. The first kappa shape index (κ1) is 24.2. The number of ether oxygens (including phenoxy) is 1. The van der Waals surface area contributed by atoms with E-state index < -0.39 is 11.7 Å². The van der Waals surface area contributed by atoms with Gasteiger partial charge in [-0.2, -0.15) is 0 Å². The molecule has 1 N–H and O–H groups in total. The molecule has 2 aromatic carbocycles. The number of ketones is 1. The highest BCUT2D eigenvalue weighted by molar-refractivity contribution is 6.42. The third-order valence-electron chi connectivity index (χ3n) is 9.31. The van der Waals surface area contributed by atoms with Gasteiger partial charge in [-0.25, -0.2) is 0 Å². The van der Waals surface area contributed by atoms with Crippen molar-refractivity contribution in [3.63, 3.8) is 0 Å². The molecule has 6 nitrogen and oxygen atoms in total. The molecule has 4 aliphatic carbocycles. The topological polar surface area (TPSA) is 75.7 Å². The summed E-state index contributed by atoms with van der Waals surface area (Å²) in [5.41, 5.74) is 2.88. The van der Waals surface area contributed by atoms with Gasteiger partial charge in [-0.3, -0.25) is 14.4 Å². The van der Waals surface area contributed by atoms with E-state index in [1.54, 1.807) is 36.3 Å². The van der Waals surface area contributed by atoms with Crippen LogP contribution in [0.2, 0.25) is 0 Å². The smallest absolute Gasteiger partial charge is 0.294 e. The zero-order chi connectivity index (χ0) is 25.6. The number of carbonyl (C=O) groups excluding carboxylic acids is 3. The number of nitrogens with zero attached hydrogens (tertiary/aromatic N) is 1. The molecule has 1 heterocycles. The van der Waals surface area contributed by atoms with E-state index in [4.69, 9.17) is 4.74 Å². The fourth-order valence-electron chi connectivity index (χ4n) is 7.98. The van der Waals surface area contributed by atoms with E-state index >= 15 is 0 Å². The van der Waals surface area contributed by atoms with Gasteiger partial charge in [0.05, 0.1) is 7.11 Å². The number of piperidine rings is 1. The van der Waals surface area contributed by atoms with E-state index in [2.05, 4.69) is 11.4 Å². The number of rotatable bonds is 6. The first-order chi connectivity index (χ1) is 17.9. The minimum Gasteiger partial charge on any atom is -0.496 e. The minimum atomic E-state index is -0.491. The van der Waals surface area contributed by atoms with Gasteiger partial charge in [0.25, 0.3) is 11.8 Å². The lowest BCUT2D eigenvalue weighted by molar-refractivity contribution is -0.127. The Bertz CT molecular complexity index is 1180. The number of anilines is 1. The molecule has 6 heteroatoms. The van der Waals surface area contributed by atoms with E-state index in [9.17, 15) is 14.4 Å². The summed E-state index contributed by atoms with van der Waals surface area (Å²) in [6.45, 7) is 1.29. The van der Waals surface area contributed by atoms with Gasteiger partial charge in [0.15, 0.2) is 0 Å². The van der Waals surface area contributed by atoms with Crippen molar-refractivity contribution in [3.05, 3.63) is 59.2 Å². The summed E-state index contributed by atoms with van der Waals surface area (Å²) in [7, 11) is 1.72. The predicted octanol–water partition coefficient (Wildman–Crippen LogP) is 5.61. The van der Waals surface area contributed by atoms with Crippen LogP contribution in [0.4, 0.5) is 5.69 Å². The van der Waals surface area contributed by atoms with E-state index in [0.717, 1.165) is 42.8 Å². The Morgan fingerprint density at radius 3 is 2.03 bits per heavy atom. The highest BCUT2D eigenvalue weighted by atomic mass is 16.5. The minimum absolute atomic E-state index is 0.124. The summed E-state index contributed by atoms with van der Waals surface area (Å²) < 4.78 is 5.79. The van der Waals surface area contributed by atoms with E-state index in [0.29, 0.717) is 29.9 Å². The zero-order valence-electron chi connectivity index (χ0n) is 21.6. The maximum Gasteiger partial charge on any atom is 0.294 e. The van der Waals surface area contributed by atoms with Gasteiger partial charge in [-0.15, -0.1) is 0 Å². The Morgan fingerprint density at radius 2 is 1.43 bits per heavy atom. The van der Waals surface area contributed by atoms with Gasteiger partial charge in [0.1, 0.15) is 5.75 Å². The van der Waals surface area contributed by atoms with Gasteiger partial charge >= 0.3 is 0 Å². The molecule has 1 saturated heterocycles. The van der Waals surface area contributed by atoms with Gasteiger partial charge in [-0.1, -0.05) is 0 Å². The second-order valence-corrected chi connectivity index (χ2v) is 11.8. The van der Waals surface area contributed by atoms with Crippen LogP contribution in [0.25, 0.3) is 0 Å². The van der Waals surface area contributed by atoms with E-state index in [-0.39, 0.29) is 11.3 Å². The molecule has 7 rings (SSSR count). The van der Waals surface area contributed by atoms with Gasteiger partial charge in [0.2, 0.25) is 5.78 Å². The molecule has 5 fully saturated rings. The van der Waals surface area contributed by atoms with Crippen molar-refractivity contribution < 1.29 is 19.1 Å². The van der Waals surface area contributed by atoms with Crippen molar-refractivity contribution in [1.82, 2.24) is 4.90 Å². The van der Waals surface area contributed by atoms with Crippen LogP contribution >= 0.6 is 0 Å². The van der Waals surface area contributed by atoms with Crippen LogP contribution in [0.1, 0.15) is 84.1 Å². The Morgan fingerprint density at radius 1 is 0.838 bits per heavy atom. The van der Waals surface area contributed by atoms with E-state index in [1.165, 1.54) is 44.1 Å². The molecule has 2 aromatic rings. The normalized spacial score (nSPS) is 28.1. The van der Waals surface area contributed by atoms with Crippen LogP contribution in [-0.2, 0) is 10.2 Å². The first-order valence-electron chi connectivity index (χ1n) is 13.9. The molecular weight excluding hydrogens is 464 g/mol. The summed E-state index contributed by atoms with van der Waals surface area (Å²) in [6.07, 6.45) is 10.7. The molecule has 0 aromatic heterocycles. The Labute approximate surface area is 218 Å². The predicted molar refractivity (Wildman–Crippen MR) is 142 cm³/mol. The number of methoxy groups -OCH3 is 1. The highest BCUT2D eigenvalue weighted by Crippen LogP contribution is 2.61. The van der Waals surface area contributed by atoms with Gasteiger partial charge in [0, 0.05) is 35.5 Å². The molecule has 0 atom stereocenters. The quantitative estimate of drug-likeness (QED) is 0.413. The average molecular weight is 501 g/mol. The fraction of sp³-hybridized carbons (Fsp3) is 0.516. The van der Waals surface area contributed by atoms with E-state index in [1.807, 2.05) is 12.1 Å². The van der Waals surface area contributed by atoms with Crippen molar-refractivity contribution >= 4 is 23.3 Å². The van der Waals surface area contributed by atoms with Gasteiger partial charge < -0.3 is 15.0 Å². The lowest BCUT2D eigenvalue weighted by Crippen LogP contribution is -2.48. The number of amides is 2. The molecule has 5 aliphatic rings. The van der Waals surface area contributed by atoms with Crippen molar-refractivity contribution in [3.8, 4) is 5.75 Å². The maximum absolute atomic E-state index is 13.2. The molecular formula is C31H36N2O4. The molecule has 0 spiro atoms. The number of Topliss-reactive ketones (excluding diaryl/α,β-unsaturated/α-hetero) is 1. The van der Waals surface area contributed by atoms with Crippen molar-refractivity contribution in [2.75, 3.05) is 25.5 Å². The number of benzene rings is 2. The lowest BCUT2D eigenvalue weighted by Gasteiger charge is -2.57. The largest absolute Gasteiger partial charge is 0.496 e. The van der Waals surface area contributed by atoms with Gasteiger partial charge in [-0.05, 0) is 123 Å². The third kappa shape index (κ3) is 4.55. The van der Waals surface area contributed by atoms with Crippen LogP contribution in [0.5, 0.6) is 5.75 Å². The summed E-state index contributed by atoms with van der Waals surface area (Å²) in [4.78, 5) is 40.1. The van der Waals surface area contributed by atoms with Crippen molar-refractivity contribution in [2.24, 2.45) is 17.8 Å². The molecule has 4 bridgehead atoms. The Balaban J connectivity index is 1.17. The molecule has 1 aliphatic heterocycles. The number of likely N-dealkylation sites (tertiary alicyclic amines) is 1. The summed E-state index contributed by atoms with van der Waals surface area (Å²) >= 11 is 0. The third-order valence-corrected chi connectivity index (χ3v) is 9.31. The number of hydrogen-bond acceptors (Lipinski definition) is 4. The lowest BCUT2D eigenvalue weighted by atomic mass is 9.48. The monoisotopic (exact) mass is 500 g/mol. The second-order valence-electron chi connectivity index (χ2n) is 11.8. The SMILES string of the molecule is COc1ccc(C(=O)Nc2ccc(C(=O)C(=O)N3CCCCC3)cc2)cc1C12CC3CC(CC(C3)C1)C2. The van der Waals surface area contributed by atoms with Crippen molar-refractivity contribution in [1.29, 1.82) is 0 Å². The molecule has 0 radical (unpaired) electrons. The van der Waals surface area contributed by atoms with Crippen LogP contribution < -0.4 is 10.1 Å². The Kier molecular flexibility index (Phi) is 6.29. The zero-order valence-corrected chi connectivity index (χ0v) is 21.6. The average Bonchev–Trinajstić information content (AvgIpc) is 2.92. The maximum atomic E-state index is 13.2. The summed E-state index contributed by atoms with van der Waals surface area (Å²) in [5, 5.41) is 2.97. The second kappa shape index (κ2) is 9.62. The number of carbonyl (C=O) groups is 3.